The summed E-state index contributed by atoms with van der Waals surface area (Å²) in [5.74, 6) is 2.62. The van der Waals surface area contributed by atoms with Crippen molar-refractivity contribution < 1.29 is 4.52 Å². The zero-order valence-electron chi connectivity index (χ0n) is 17.3. The number of piperidine rings is 1. The van der Waals surface area contributed by atoms with E-state index >= 15 is 0 Å². The normalized spacial score (nSPS) is 22.2. The Morgan fingerprint density at radius 3 is 2.88 bits per heavy atom. The predicted octanol–water partition coefficient (Wildman–Crippen LogP) is 2.63. The quantitative estimate of drug-likeness (QED) is 0.420. The summed E-state index contributed by atoms with van der Waals surface area (Å²) in [7, 11) is 1.78. The van der Waals surface area contributed by atoms with Gasteiger partial charge in [0.25, 0.3) is 5.56 Å². The molecule has 5 heterocycles. The molecule has 5 aromatic rings. The second-order valence-electron chi connectivity index (χ2n) is 8.65. The number of aromatic nitrogens is 6. The van der Waals surface area contributed by atoms with E-state index in [-0.39, 0.29) is 12.1 Å². The number of anilines is 1. The van der Waals surface area contributed by atoms with Crippen LogP contribution in [0.4, 0.5) is 5.69 Å². The molecular formula is C22H19N7O2S. The van der Waals surface area contributed by atoms with Crippen LogP contribution in [0.25, 0.3) is 21.3 Å². The Kier molecular flexibility index (Phi) is 3.67. The molecule has 2 atom stereocenters. The molecule has 7 rings (SSSR count). The fourth-order valence-electron chi connectivity index (χ4n) is 5.07. The predicted molar refractivity (Wildman–Crippen MR) is 120 cm³/mol. The lowest BCUT2D eigenvalue weighted by atomic mass is 10.2. The molecule has 1 saturated carbocycles. The van der Waals surface area contributed by atoms with Crippen LogP contribution in [-0.4, -0.2) is 42.3 Å². The number of thiophene rings is 1. The van der Waals surface area contributed by atoms with Gasteiger partial charge in [-0.05, 0) is 46.9 Å². The van der Waals surface area contributed by atoms with Crippen LogP contribution >= 0.6 is 11.3 Å². The minimum Gasteiger partial charge on any atom is -0.371 e. The topological polar surface area (TPSA) is 94.9 Å². The van der Waals surface area contributed by atoms with E-state index < -0.39 is 0 Å². The second-order valence-corrected chi connectivity index (χ2v) is 9.60. The van der Waals surface area contributed by atoms with Crippen LogP contribution in [0, 0.1) is 11.8 Å². The van der Waals surface area contributed by atoms with Crippen LogP contribution in [0.5, 0.6) is 0 Å². The SMILES string of the molecule is Cn1cnc2ncn(Cc3nc(C4C5CN(c6ccc7sccc7c6)CC54)no3)c(=O)c21. The van der Waals surface area contributed by atoms with Gasteiger partial charge in [0, 0.05) is 36.4 Å². The van der Waals surface area contributed by atoms with Crippen LogP contribution in [0.15, 0.2) is 51.6 Å². The van der Waals surface area contributed by atoms with Gasteiger partial charge in [-0.1, -0.05) is 5.16 Å². The van der Waals surface area contributed by atoms with Crippen molar-refractivity contribution in [3.05, 3.63) is 64.4 Å². The van der Waals surface area contributed by atoms with Crippen molar-refractivity contribution in [3.8, 4) is 0 Å². The number of nitrogens with zero attached hydrogens (tertiary/aromatic N) is 7. The summed E-state index contributed by atoms with van der Waals surface area (Å²) in [6.07, 6.45) is 3.07. The summed E-state index contributed by atoms with van der Waals surface area (Å²) >= 11 is 1.78. The Labute approximate surface area is 185 Å². The highest BCUT2D eigenvalue weighted by molar-refractivity contribution is 7.17. The van der Waals surface area contributed by atoms with E-state index in [1.807, 2.05) is 0 Å². The molecule has 32 heavy (non-hydrogen) atoms. The molecule has 4 aromatic heterocycles. The number of fused-ring (bicyclic) bond motifs is 3. The number of rotatable bonds is 4. The molecule has 2 fully saturated rings. The molecule has 10 heteroatoms. The lowest BCUT2D eigenvalue weighted by Crippen LogP contribution is -2.23. The number of imidazole rings is 1. The maximum atomic E-state index is 12.7. The van der Waals surface area contributed by atoms with Crippen molar-refractivity contribution in [2.75, 3.05) is 18.0 Å². The Morgan fingerprint density at radius 2 is 2.00 bits per heavy atom. The highest BCUT2D eigenvalue weighted by atomic mass is 32.1. The van der Waals surface area contributed by atoms with Crippen LogP contribution in [0.2, 0.25) is 0 Å². The molecule has 0 bridgehead atoms. The highest BCUT2D eigenvalue weighted by Crippen LogP contribution is 2.58. The molecular weight excluding hydrogens is 426 g/mol. The first kappa shape index (κ1) is 18.1. The highest BCUT2D eigenvalue weighted by Gasteiger charge is 2.58. The average Bonchev–Trinajstić information content (AvgIpc) is 3.38. The zero-order chi connectivity index (χ0) is 21.4. The van der Waals surface area contributed by atoms with Crippen LogP contribution < -0.4 is 10.5 Å². The Bertz CT molecular complexity index is 1530. The summed E-state index contributed by atoms with van der Waals surface area (Å²) in [6, 6.07) is 8.89. The first-order valence-electron chi connectivity index (χ1n) is 10.6. The Morgan fingerprint density at radius 1 is 1.16 bits per heavy atom. The summed E-state index contributed by atoms with van der Waals surface area (Å²) in [5.41, 5.74) is 2.02. The van der Waals surface area contributed by atoms with Gasteiger partial charge < -0.3 is 14.0 Å². The fraction of sp³-hybridized carbons (Fsp3) is 0.318. The molecule has 0 radical (unpaired) electrons. The van der Waals surface area contributed by atoms with Crippen molar-refractivity contribution >= 4 is 38.3 Å². The van der Waals surface area contributed by atoms with Crippen molar-refractivity contribution in [2.24, 2.45) is 18.9 Å². The molecule has 1 saturated heterocycles. The lowest BCUT2D eigenvalue weighted by molar-refractivity contribution is 0.363. The molecule has 9 nitrogen and oxygen atoms in total. The molecule has 0 spiro atoms. The van der Waals surface area contributed by atoms with Crippen molar-refractivity contribution in [1.82, 2.24) is 29.2 Å². The maximum absolute atomic E-state index is 12.7. The van der Waals surface area contributed by atoms with Gasteiger partial charge in [0.2, 0.25) is 5.89 Å². The molecule has 2 aliphatic rings. The van der Waals surface area contributed by atoms with E-state index in [1.165, 1.54) is 26.7 Å². The number of hydrogen-bond donors (Lipinski definition) is 0. The van der Waals surface area contributed by atoms with E-state index in [1.54, 1.807) is 29.3 Å². The summed E-state index contributed by atoms with van der Waals surface area (Å²) in [5, 5.41) is 7.68. The number of hydrogen-bond acceptors (Lipinski definition) is 8. The van der Waals surface area contributed by atoms with Crippen LogP contribution in [0.3, 0.4) is 0 Å². The monoisotopic (exact) mass is 445 g/mol. The van der Waals surface area contributed by atoms with E-state index in [2.05, 4.69) is 54.7 Å². The number of benzene rings is 1. The van der Waals surface area contributed by atoms with Gasteiger partial charge in [-0.25, -0.2) is 9.97 Å². The standard InChI is InChI=1S/C22H19N7O2S/c1-27-10-23-21-19(27)22(30)29(11-24-21)9-17-25-20(26-31-17)18-14-7-28(8-15(14)18)13-2-3-16-12(6-13)4-5-32-16/h2-6,10-11,14-15,18H,7-9H2,1H3. The van der Waals surface area contributed by atoms with Crippen molar-refractivity contribution in [3.63, 3.8) is 0 Å². The molecule has 2 unspecified atom stereocenters. The van der Waals surface area contributed by atoms with Crippen molar-refractivity contribution in [1.29, 1.82) is 0 Å². The van der Waals surface area contributed by atoms with Gasteiger partial charge >= 0.3 is 0 Å². The van der Waals surface area contributed by atoms with Gasteiger partial charge in [-0.15, -0.1) is 11.3 Å². The van der Waals surface area contributed by atoms with E-state index in [0.717, 1.165) is 18.9 Å². The molecule has 1 aliphatic carbocycles. The number of aryl methyl sites for hydroxylation is 1. The minimum absolute atomic E-state index is 0.170. The third-order valence-corrected chi connectivity index (χ3v) is 7.68. The molecule has 160 valence electrons. The fourth-order valence-corrected chi connectivity index (χ4v) is 5.84. The van der Waals surface area contributed by atoms with Gasteiger partial charge in [-0.3, -0.25) is 9.36 Å². The molecule has 0 N–H and O–H groups in total. The first-order valence-corrected chi connectivity index (χ1v) is 11.4. The smallest absolute Gasteiger partial charge is 0.280 e. The van der Waals surface area contributed by atoms with E-state index in [9.17, 15) is 4.79 Å². The van der Waals surface area contributed by atoms with Crippen LogP contribution in [0.1, 0.15) is 17.6 Å². The second kappa shape index (κ2) is 6.49. The third kappa shape index (κ3) is 2.65. The average molecular weight is 446 g/mol. The summed E-state index contributed by atoms with van der Waals surface area (Å²) < 4.78 is 9.97. The third-order valence-electron chi connectivity index (χ3n) is 6.78. The van der Waals surface area contributed by atoms with E-state index in [0.29, 0.717) is 34.8 Å². The van der Waals surface area contributed by atoms with Gasteiger partial charge in [0.15, 0.2) is 17.0 Å². The zero-order valence-corrected chi connectivity index (χ0v) is 18.1. The van der Waals surface area contributed by atoms with Crippen LogP contribution in [-0.2, 0) is 13.6 Å². The lowest BCUT2D eigenvalue weighted by Gasteiger charge is -2.21. The summed E-state index contributed by atoms with van der Waals surface area (Å²) in [4.78, 5) is 28.2. The summed E-state index contributed by atoms with van der Waals surface area (Å²) in [6.45, 7) is 2.22. The molecule has 1 aromatic carbocycles. The van der Waals surface area contributed by atoms with E-state index in [4.69, 9.17) is 4.52 Å². The molecule has 1 aliphatic heterocycles. The minimum atomic E-state index is -0.170. The van der Waals surface area contributed by atoms with Crippen molar-refractivity contribution in [2.45, 2.75) is 12.5 Å². The van der Waals surface area contributed by atoms with Gasteiger partial charge in [-0.2, -0.15) is 4.98 Å². The largest absolute Gasteiger partial charge is 0.371 e. The first-order chi connectivity index (χ1) is 15.7. The Balaban J connectivity index is 1.07. The molecule has 0 amide bonds. The van der Waals surface area contributed by atoms with Gasteiger partial charge in [0.1, 0.15) is 12.9 Å². The van der Waals surface area contributed by atoms with Gasteiger partial charge in [0.05, 0.1) is 6.33 Å². The maximum Gasteiger partial charge on any atom is 0.280 e. The Hall–Kier alpha value is -3.53.